The molecular weight excluding hydrogens is 210 g/mol. The highest BCUT2D eigenvalue weighted by Gasteiger charge is 2.51. The number of aliphatic hydroxyl groups is 1. The first-order chi connectivity index (χ1) is 6.95. The quantitative estimate of drug-likeness (QED) is 0.723. The van der Waals surface area contributed by atoms with Crippen molar-refractivity contribution in [3.05, 3.63) is 35.9 Å². The first-order valence-corrected chi connectivity index (χ1v) is 5.44. The van der Waals surface area contributed by atoms with Crippen LogP contribution in [0.25, 0.3) is 0 Å². The van der Waals surface area contributed by atoms with E-state index in [1.165, 1.54) is 5.54 Å². The lowest BCUT2D eigenvalue weighted by molar-refractivity contribution is -0.101. The Bertz CT molecular complexity index is 307. The van der Waals surface area contributed by atoms with Crippen molar-refractivity contribution >= 4 is 11.6 Å². The van der Waals surface area contributed by atoms with E-state index in [2.05, 4.69) is 11.9 Å². The number of allylic oxidation sites excluding steroid dienone is 3. The van der Waals surface area contributed by atoms with Gasteiger partial charge in [-0.2, -0.15) is 0 Å². The monoisotopic (exact) mass is 227 g/mol. The van der Waals surface area contributed by atoms with E-state index < -0.39 is 5.60 Å². The third kappa shape index (κ3) is 2.51. The summed E-state index contributed by atoms with van der Waals surface area (Å²) >= 11 is 5.54. The summed E-state index contributed by atoms with van der Waals surface area (Å²) in [5.74, 6) is 0. The highest BCUT2D eigenvalue weighted by Crippen LogP contribution is 2.35. The molecule has 0 bridgehead atoms. The Morgan fingerprint density at radius 1 is 1.60 bits per heavy atom. The van der Waals surface area contributed by atoms with Crippen molar-refractivity contribution in [2.24, 2.45) is 0 Å². The maximum Gasteiger partial charge on any atom is 0.0986 e. The molecule has 3 heteroatoms. The summed E-state index contributed by atoms with van der Waals surface area (Å²) in [5, 5.41) is 13.6. The molecule has 1 rings (SSSR count). The van der Waals surface area contributed by atoms with Crippen molar-refractivity contribution < 1.29 is 5.11 Å². The van der Waals surface area contributed by atoms with Crippen LogP contribution in [0, 0.1) is 0 Å². The van der Waals surface area contributed by atoms with Gasteiger partial charge in [0.1, 0.15) is 0 Å². The van der Waals surface area contributed by atoms with Crippen LogP contribution in [0.5, 0.6) is 0 Å². The van der Waals surface area contributed by atoms with Gasteiger partial charge in [-0.15, -0.1) is 0 Å². The number of rotatable bonds is 4. The summed E-state index contributed by atoms with van der Waals surface area (Å²) in [6.07, 6.45) is 5.94. The Morgan fingerprint density at radius 2 is 2.27 bits per heavy atom. The summed E-state index contributed by atoms with van der Waals surface area (Å²) in [5.41, 5.74) is 1.50. The smallest absolute Gasteiger partial charge is 0.0986 e. The van der Waals surface area contributed by atoms with Gasteiger partial charge in [0.25, 0.3) is 0 Å². The molecule has 0 aromatic heterocycles. The second kappa shape index (κ2) is 4.52. The third-order valence-electron chi connectivity index (χ3n) is 3.09. The number of β-amino-alcohol motifs (C(OH)–C–C–N with tert-alkyl or cyclic N) is 1. The number of halogens is 1. The molecule has 1 atom stereocenters. The molecule has 0 aromatic carbocycles. The van der Waals surface area contributed by atoms with Crippen molar-refractivity contribution in [2.75, 3.05) is 6.54 Å². The molecule has 1 aliphatic heterocycles. The van der Waals surface area contributed by atoms with Gasteiger partial charge in [0.15, 0.2) is 0 Å². The van der Waals surface area contributed by atoms with E-state index in [4.69, 9.17) is 11.6 Å². The van der Waals surface area contributed by atoms with Crippen LogP contribution in [-0.4, -0.2) is 22.8 Å². The highest BCUT2D eigenvalue weighted by molar-refractivity contribution is 6.25. The molecule has 1 heterocycles. The summed E-state index contributed by atoms with van der Waals surface area (Å²) in [7, 11) is 0. The van der Waals surface area contributed by atoms with Crippen molar-refractivity contribution in [1.29, 1.82) is 0 Å². The Kier molecular flexibility index (Phi) is 3.77. The van der Waals surface area contributed by atoms with Crippen molar-refractivity contribution in [3.63, 3.8) is 0 Å². The number of hydrogen-bond donors (Lipinski definition) is 2. The lowest BCUT2D eigenvalue weighted by Crippen LogP contribution is -2.74. The molecule has 1 unspecified atom stereocenters. The second-order valence-electron chi connectivity index (χ2n) is 4.46. The van der Waals surface area contributed by atoms with Gasteiger partial charge in [0.2, 0.25) is 0 Å². The van der Waals surface area contributed by atoms with Crippen LogP contribution in [0.1, 0.15) is 20.3 Å². The van der Waals surface area contributed by atoms with E-state index in [-0.39, 0.29) is 5.54 Å². The second-order valence-corrected chi connectivity index (χ2v) is 4.71. The van der Waals surface area contributed by atoms with E-state index in [0.717, 1.165) is 5.57 Å². The molecule has 0 aliphatic carbocycles. The highest BCUT2D eigenvalue weighted by atomic mass is 35.5. The normalized spacial score (nSPS) is 30.3. The summed E-state index contributed by atoms with van der Waals surface area (Å²) < 4.78 is 0. The van der Waals surface area contributed by atoms with Crippen molar-refractivity contribution in [1.82, 2.24) is 5.32 Å². The van der Waals surface area contributed by atoms with Gasteiger partial charge < -0.3 is 10.4 Å². The van der Waals surface area contributed by atoms with Crippen LogP contribution < -0.4 is 5.32 Å². The predicted octanol–water partition coefficient (Wildman–Crippen LogP) is 2.35. The minimum Gasteiger partial charge on any atom is -0.386 e. The van der Waals surface area contributed by atoms with E-state index in [1.54, 1.807) is 12.2 Å². The lowest BCUT2D eigenvalue weighted by Gasteiger charge is -2.53. The first-order valence-electron chi connectivity index (χ1n) is 5.01. The predicted molar refractivity (Wildman–Crippen MR) is 64.9 cm³/mol. The molecule has 1 fully saturated rings. The fraction of sp³-hybridized carbons (Fsp3) is 0.500. The summed E-state index contributed by atoms with van der Waals surface area (Å²) in [6, 6.07) is 0. The molecule has 0 spiro atoms. The third-order valence-corrected chi connectivity index (χ3v) is 3.22. The molecule has 2 nitrogen and oxygen atoms in total. The first kappa shape index (κ1) is 12.5. The molecule has 0 radical (unpaired) electrons. The van der Waals surface area contributed by atoms with Gasteiger partial charge >= 0.3 is 0 Å². The maximum absolute atomic E-state index is 10.3. The molecule has 84 valence electrons. The van der Waals surface area contributed by atoms with E-state index >= 15 is 0 Å². The molecular formula is C12H18ClNO. The van der Waals surface area contributed by atoms with Crippen LogP contribution in [0.15, 0.2) is 35.9 Å². The SMILES string of the molecule is C=C/C=C(\C=C/Cl)CC1(O)CNC1(C)C. The zero-order valence-corrected chi connectivity index (χ0v) is 10.0. The van der Waals surface area contributed by atoms with Crippen molar-refractivity contribution in [2.45, 2.75) is 31.4 Å². The number of nitrogens with one attached hydrogen (secondary N) is 1. The van der Waals surface area contributed by atoms with E-state index in [1.807, 2.05) is 19.9 Å². The molecule has 0 aromatic rings. The molecule has 0 amide bonds. The Morgan fingerprint density at radius 3 is 2.60 bits per heavy atom. The van der Waals surface area contributed by atoms with Crippen molar-refractivity contribution in [3.8, 4) is 0 Å². The topological polar surface area (TPSA) is 32.3 Å². The van der Waals surface area contributed by atoms with Gasteiger partial charge in [-0.05, 0) is 25.5 Å². The molecule has 1 saturated heterocycles. The van der Waals surface area contributed by atoms with Crippen LogP contribution >= 0.6 is 11.6 Å². The largest absolute Gasteiger partial charge is 0.386 e. The lowest BCUT2D eigenvalue weighted by atomic mass is 9.71. The van der Waals surface area contributed by atoms with Gasteiger partial charge in [0.05, 0.1) is 5.60 Å². The van der Waals surface area contributed by atoms with E-state index in [9.17, 15) is 5.11 Å². The zero-order chi connectivity index (χ0) is 11.5. The standard InChI is InChI=1S/C12H18ClNO/c1-4-5-10(6-7-13)8-12(15)9-14-11(12,2)3/h4-7,14-15H,1,8-9H2,2-3H3/b7-6-,10-5+. The minimum atomic E-state index is -0.696. The van der Waals surface area contributed by atoms with Crippen LogP contribution in [0.4, 0.5) is 0 Å². The molecule has 1 aliphatic rings. The molecule has 2 N–H and O–H groups in total. The molecule has 15 heavy (non-hydrogen) atoms. The molecule has 0 saturated carbocycles. The van der Waals surface area contributed by atoms with Crippen LogP contribution in [0.3, 0.4) is 0 Å². The average Bonchev–Trinajstić information content (AvgIpc) is 2.17. The van der Waals surface area contributed by atoms with E-state index in [0.29, 0.717) is 13.0 Å². The van der Waals surface area contributed by atoms with Gasteiger partial charge in [-0.3, -0.25) is 0 Å². The summed E-state index contributed by atoms with van der Waals surface area (Å²) in [4.78, 5) is 0. The van der Waals surface area contributed by atoms with Gasteiger partial charge in [0, 0.05) is 24.0 Å². The fourth-order valence-electron chi connectivity index (χ4n) is 1.67. The Labute approximate surface area is 96.3 Å². The van der Waals surface area contributed by atoms with Gasteiger partial charge in [-0.25, -0.2) is 0 Å². The van der Waals surface area contributed by atoms with Crippen LogP contribution in [-0.2, 0) is 0 Å². The Balaban J connectivity index is 2.75. The average molecular weight is 228 g/mol. The fourth-order valence-corrected chi connectivity index (χ4v) is 1.83. The zero-order valence-electron chi connectivity index (χ0n) is 9.26. The maximum atomic E-state index is 10.3. The van der Waals surface area contributed by atoms with Crippen LogP contribution in [0.2, 0.25) is 0 Å². The van der Waals surface area contributed by atoms with Gasteiger partial charge in [-0.1, -0.05) is 30.3 Å². The number of hydrogen-bond acceptors (Lipinski definition) is 2. The summed E-state index contributed by atoms with van der Waals surface area (Å²) in [6.45, 7) is 8.24. The Hall–Kier alpha value is -0.570. The minimum absolute atomic E-state index is 0.243.